The molecule has 1 aliphatic heterocycles. The lowest BCUT2D eigenvalue weighted by Gasteiger charge is -2.27. The van der Waals surface area contributed by atoms with Gasteiger partial charge in [-0.25, -0.2) is 13.4 Å². The summed E-state index contributed by atoms with van der Waals surface area (Å²) in [4.78, 5) is 21.7. The molecule has 0 spiro atoms. The standard InChI is InChI=1S/C30H32N4O4S/c1-24-20-28(39(36,37)34(23-27-14-8-19-38-27)22-25-10-4-2-5-11-25)29(31-21-24)32-15-9-16-33(18-17-32)30(35)26-12-6-3-7-13-26/h2-8,10-14,19-21H,9,15-18,22-23H2,1H3. The summed E-state index contributed by atoms with van der Waals surface area (Å²) in [7, 11) is -3.97. The normalized spacial score (nSPS) is 14.4. The van der Waals surface area contributed by atoms with E-state index in [4.69, 9.17) is 4.42 Å². The minimum atomic E-state index is -3.97. The minimum absolute atomic E-state index is 0.0188. The Kier molecular flexibility index (Phi) is 8.09. The molecule has 202 valence electrons. The highest BCUT2D eigenvalue weighted by Gasteiger charge is 2.32. The van der Waals surface area contributed by atoms with Crippen molar-refractivity contribution in [2.75, 3.05) is 31.1 Å². The van der Waals surface area contributed by atoms with Crippen LogP contribution in [0, 0.1) is 6.92 Å². The van der Waals surface area contributed by atoms with Gasteiger partial charge in [-0.3, -0.25) is 4.79 Å². The molecule has 0 saturated carbocycles. The highest BCUT2D eigenvalue weighted by molar-refractivity contribution is 7.89. The van der Waals surface area contributed by atoms with Crippen LogP contribution in [0.2, 0.25) is 0 Å². The molecular weight excluding hydrogens is 512 g/mol. The number of hydrogen-bond acceptors (Lipinski definition) is 6. The lowest BCUT2D eigenvalue weighted by Crippen LogP contribution is -2.36. The number of pyridine rings is 1. The van der Waals surface area contributed by atoms with Crippen molar-refractivity contribution in [3.05, 3.63) is 114 Å². The van der Waals surface area contributed by atoms with Crippen molar-refractivity contribution >= 4 is 21.7 Å². The first-order valence-corrected chi connectivity index (χ1v) is 14.5. The van der Waals surface area contributed by atoms with Gasteiger partial charge < -0.3 is 14.2 Å². The Hall–Kier alpha value is -3.95. The van der Waals surface area contributed by atoms with Gasteiger partial charge in [0.05, 0.1) is 12.8 Å². The number of benzene rings is 2. The molecule has 39 heavy (non-hydrogen) atoms. The maximum atomic E-state index is 14.3. The highest BCUT2D eigenvalue weighted by atomic mass is 32.2. The smallest absolute Gasteiger partial charge is 0.253 e. The zero-order valence-corrected chi connectivity index (χ0v) is 22.8. The van der Waals surface area contributed by atoms with Gasteiger partial charge in [0.25, 0.3) is 5.91 Å². The molecular formula is C30H32N4O4S. The van der Waals surface area contributed by atoms with E-state index in [1.165, 1.54) is 4.31 Å². The Balaban J connectivity index is 1.44. The second kappa shape index (κ2) is 11.8. The third kappa shape index (κ3) is 6.21. The van der Waals surface area contributed by atoms with Crippen molar-refractivity contribution in [3.63, 3.8) is 0 Å². The molecule has 1 amide bonds. The monoisotopic (exact) mass is 544 g/mol. The van der Waals surface area contributed by atoms with Crippen LogP contribution in [0.4, 0.5) is 5.82 Å². The molecule has 0 unspecified atom stereocenters. The Morgan fingerprint density at radius 2 is 1.67 bits per heavy atom. The number of carbonyl (C=O) groups is 1. The molecule has 0 aliphatic carbocycles. The number of amides is 1. The third-order valence-electron chi connectivity index (χ3n) is 6.80. The fourth-order valence-corrected chi connectivity index (χ4v) is 6.43. The summed E-state index contributed by atoms with van der Waals surface area (Å²) in [5.41, 5.74) is 2.28. The lowest BCUT2D eigenvalue weighted by molar-refractivity contribution is 0.0767. The van der Waals surface area contributed by atoms with Crippen LogP contribution in [0.5, 0.6) is 0 Å². The summed E-state index contributed by atoms with van der Waals surface area (Å²) in [6.45, 7) is 4.27. The first-order chi connectivity index (χ1) is 18.9. The Labute approximate surface area is 229 Å². The average molecular weight is 545 g/mol. The van der Waals surface area contributed by atoms with Gasteiger partial charge >= 0.3 is 0 Å². The highest BCUT2D eigenvalue weighted by Crippen LogP contribution is 2.30. The topological polar surface area (TPSA) is 87.0 Å². The Bertz CT molecular complexity index is 1490. The van der Waals surface area contributed by atoms with Crippen LogP contribution < -0.4 is 4.90 Å². The SMILES string of the molecule is Cc1cnc(N2CCCN(C(=O)c3ccccc3)CC2)c(S(=O)(=O)N(Cc2ccccc2)Cc2ccco2)c1. The van der Waals surface area contributed by atoms with Gasteiger partial charge in [0, 0.05) is 44.5 Å². The zero-order valence-electron chi connectivity index (χ0n) is 21.9. The molecule has 1 fully saturated rings. The predicted molar refractivity (Wildman–Crippen MR) is 150 cm³/mol. The van der Waals surface area contributed by atoms with Gasteiger partial charge in [-0.15, -0.1) is 0 Å². The van der Waals surface area contributed by atoms with Gasteiger partial charge in [-0.1, -0.05) is 48.5 Å². The average Bonchev–Trinajstić information content (AvgIpc) is 3.35. The van der Waals surface area contributed by atoms with Gasteiger partial charge in [-0.2, -0.15) is 4.31 Å². The number of furan rings is 1. The summed E-state index contributed by atoms with van der Waals surface area (Å²) in [5, 5.41) is 0. The van der Waals surface area contributed by atoms with Crippen LogP contribution >= 0.6 is 0 Å². The van der Waals surface area contributed by atoms with Crippen LogP contribution in [-0.4, -0.2) is 54.7 Å². The number of sulfonamides is 1. The maximum Gasteiger partial charge on any atom is 0.253 e. The molecule has 0 atom stereocenters. The van der Waals surface area contributed by atoms with Crippen LogP contribution in [0.3, 0.4) is 0 Å². The molecule has 2 aromatic carbocycles. The fourth-order valence-electron chi connectivity index (χ4n) is 4.79. The van der Waals surface area contributed by atoms with Gasteiger partial charge in [-0.05, 0) is 54.8 Å². The van der Waals surface area contributed by atoms with Gasteiger partial charge in [0.15, 0.2) is 0 Å². The van der Waals surface area contributed by atoms with Crippen molar-refractivity contribution in [2.45, 2.75) is 31.3 Å². The quantitative estimate of drug-likeness (QED) is 0.319. The van der Waals surface area contributed by atoms with Gasteiger partial charge in [0.2, 0.25) is 10.0 Å². The molecule has 4 aromatic rings. The molecule has 0 bridgehead atoms. The van der Waals surface area contributed by atoms with Crippen molar-refractivity contribution in [3.8, 4) is 0 Å². The van der Waals surface area contributed by atoms with Crippen LogP contribution in [0.1, 0.15) is 33.7 Å². The summed E-state index contributed by atoms with van der Waals surface area (Å²) in [5.74, 6) is 0.947. The number of carbonyl (C=O) groups excluding carboxylic acids is 1. The largest absolute Gasteiger partial charge is 0.468 e. The number of hydrogen-bond donors (Lipinski definition) is 0. The Morgan fingerprint density at radius 1 is 0.923 bits per heavy atom. The van der Waals surface area contributed by atoms with Crippen molar-refractivity contribution in [1.82, 2.24) is 14.2 Å². The second-order valence-corrected chi connectivity index (χ2v) is 11.6. The number of nitrogens with zero attached hydrogens (tertiary/aromatic N) is 4. The van der Waals surface area contributed by atoms with E-state index in [0.717, 1.165) is 11.1 Å². The zero-order chi connectivity index (χ0) is 27.2. The molecule has 9 heteroatoms. The van der Waals surface area contributed by atoms with Crippen molar-refractivity contribution < 1.29 is 17.6 Å². The molecule has 1 aliphatic rings. The van der Waals surface area contributed by atoms with E-state index < -0.39 is 10.0 Å². The molecule has 1 saturated heterocycles. The van der Waals surface area contributed by atoms with E-state index >= 15 is 0 Å². The van der Waals surface area contributed by atoms with E-state index in [-0.39, 0.29) is 23.9 Å². The van der Waals surface area contributed by atoms with E-state index in [2.05, 4.69) is 4.98 Å². The molecule has 3 heterocycles. The number of anilines is 1. The molecule has 0 N–H and O–H groups in total. The van der Waals surface area contributed by atoms with Crippen LogP contribution in [-0.2, 0) is 23.1 Å². The second-order valence-electron chi connectivity index (χ2n) is 9.67. The molecule has 0 radical (unpaired) electrons. The first-order valence-electron chi connectivity index (χ1n) is 13.0. The lowest BCUT2D eigenvalue weighted by atomic mass is 10.2. The third-order valence-corrected chi connectivity index (χ3v) is 8.60. The summed E-state index contributed by atoms with van der Waals surface area (Å²) in [6, 6.07) is 24.0. The maximum absolute atomic E-state index is 14.3. The van der Waals surface area contributed by atoms with E-state index in [1.54, 1.807) is 30.7 Å². The summed E-state index contributed by atoms with van der Waals surface area (Å²) in [6.07, 6.45) is 3.94. The van der Waals surface area contributed by atoms with Crippen LogP contribution in [0.25, 0.3) is 0 Å². The number of aromatic nitrogens is 1. The first kappa shape index (κ1) is 26.6. The number of aryl methyl sites for hydroxylation is 1. The Morgan fingerprint density at radius 3 is 2.38 bits per heavy atom. The predicted octanol–water partition coefficient (Wildman–Crippen LogP) is 4.73. The molecule has 2 aromatic heterocycles. The van der Waals surface area contributed by atoms with Crippen LogP contribution in [0.15, 0.2) is 101 Å². The summed E-state index contributed by atoms with van der Waals surface area (Å²) < 4.78 is 35.5. The fraction of sp³-hybridized carbons (Fsp3) is 0.267. The molecule has 8 nitrogen and oxygen atoms in total. The van der Waals surface area contributed by atoms with Crippen molar-refractivity contribution in [2.24, 2.45) is 0 Å². The minimum Gasteiger partial charge on any atom is -0.468 e. The number of rotatable bonds is 8. The molecule has 5 rings (SSSR count). The van der Waals surface area contributed by atoms with Gasteiger partial charge in [0.1, 0.15) is 16.5 Å². The van der Waals surface area contributed by atoms with E-state index in [1.807, 2.05) is 77.4 Å². The summed E-state index contributed by atoms with van der Waals surface area (Å²) >= 11 is 0. The van der Waals surface area contributed by atoms with E-state index in [9.17, 15) is 13.2 Å². The van der Waals surface area contributed by atoms with E-state index in [0.29, 0.717) is 49.7 Å². The van der Waals surface area contributed by atoms with Crippen molar-refractivity contribution in [1.29, 1.82) is 0 Å².